The maximum atomic E-state index is 11.7. The first-order valence-corrected chi connectivity index (χ1v) is 13.1. The number of aromatic nitrogens is 2. The summed E-state index contributed by atoms with van der Waals surface area (Å²) < 4.78 is 17.9. The van der Waals surface area contributed by atoms with Crippen molar-refractivity contribution in [1.82, 2.24) is 15.3 Å². The predicted molar refractivity (Wildman–Crippen MR) is 141 cm³/mol. The Morgan fingerprint density at radius 1 is 1.08 bits per heavy atom. The Morgan fingerprint density at radius 2 is 1.76 bits per heavy atom. The van der Waals surface area contributed by atoms with Crippen LogP contribution in [0.15, 0.2) is 84.8 Å². The molecular weight excluding hydrogens is 490 g/mol. The highest BCUT2D eigenvalue weighted by Gasteiger charge is 2.38. The number of thioether (sulfide) groups is 1. The molecule has 8 nitrogen and oxygen atoms in total. The summed E-state index contributed by atoms with van der Waals surface area (Å²) in [6, 6.07) is 17.4. The van der Waals surface area contributed by atoms with Gasteiger partial charge in [0.1, 0.15) is 6.61 Å². The lowest BCUT2D eigenvalue weighted by Gasteiger charge is -2.41. The predicted octanol–water partition coefficient (Wildman–Crippen LogP) is 4.96. The van der Waals surface area contributed by atoms with E-state index in [9.17, 15) is 9.90 Å². The molecule has 1 aromatic heterocycles. The lowest BCUT2D eigenvalue weighted by molar-refractivity contribution is -0.268. The van der Waals surface area contributed by atoms with E-state index in [-0.39, 0.29) is 31.3 Å². The van der Waals surface area contributed by atoms with Crippen LogP contribution >= 0.6 is 11.8 Å². The van der Waals surface area contributed by atoms with Crippen molar-refractivity contribution in [3.63, 3.8) is 0 Å². The number of aliphatic hydroxyl groups is 1. The molecule has 0 spiro atoms. The van der Waals surface area contributed by atoms with Crippen LogP contribution in [0, 0.1) is 5.92 Å². The van der Waals surface area contributed by atoms with Crippen molar-refractivity contribution >= 4 is 17.9 Å². The first-order chi connectivity index (χ1) is 18.1. The van der Waals surface area contributed by atoms with Crippen LogP contribution in [0.5, 0.6) is 0 Å². The lowest BCUT2D eigenvalue weighted by Crippen LogP contribution is -2.38. The van der Waals surface area contributed by atoms with E-state index < -0.39 is 12.4 Å². The molecule has 3 aromatic rings. The zero-order valence-corrected chi connectivity index (χ0v) is 21.5. The number of ether oxygens (including phenoxy) is 3. The monoisotopic (exact) mass is 521 g/mol. The van der Waals surface area contributed by atoms with Gasteiger partial charge in [0.25, 0.3) is 0 Å². The second-order valence-corrected chi connectivity index (χ2v) is 9.63. The molecular formula is C28H31N3O5S. The SMILES string of the molecule is C=CCOC(=O)NCc1ccc([C@@H]2O[C@H](CSc3ncccn3)[C@H](C)[C@H](c3ccc(CO)cc3)O2)cc1. The van der Waals surface area contributed by atoms with Gasteiger partial charge < -0.3 is 24.6 Å². The summed E-state index contributed by atoms with van der Waals surface area (Å²) in [5.41, 5.74) is 3.69. The third kappa shape index (κ3) is 7.39. The minimum atomic E-state index is -0.569. The van der Waals surface area contributed by atoms with Gasteiger partial charge in [-0.3, -0.25) is 0 Å². The maximum Gasteiger partial charge on any atom is 0.407 e. The van der Waals surface area contributed by atoms with Crippen molar-refractivity contribution in [2.45, 2.75) is 43.7 Å². The fourth-order valence-electron chi connectivity index (χ4n) is 3.98. The molecule has 0 unspecified atom stereocenters. The highest BCUT2D eigenvalue weighted by molar-refractivity contribution is 7.99. The first kappa shape index (κ1) is 26.8. The van der Waals surface area contributed by atoms with Gasteiger partial charge in [-0.2, -0.15) is 0 Å². The van der Waals surface area contributed by atoms with Gasteiger partial charge in [-0.25, -0.2) is 14.8 Å². The number of carbonyl (C=O) groups is 1. The number of hydrogen-bond donors (Lipinski definition) is 2. The van der Waals surface area contributed by atoms with Crippen LogP contribution < -0.4 is 5.32 Å². The lowest BCUT2D eigenvalue weighted by atomic mass is 9.91. The minimum Gasteiger partial charge on any atom is -0.445 e. The molecule has 37 heavy (non-hydrogen) atoms. The Bertz CT molecular complexity index is 1140. The number of alkyl carbamates (subject to hydrolysis) is 1. The molecule has 1 aliphatic heterocycles. The van der Waals surface area contributed by atoms with E-state index in [0.29, 0.717) is 17.5 Å². The van der Waals surface area contributed by atoms with Gasteiger partial charge in [0.15, 0.2) is 11.4 Å². The van der Waals surface area contributed by atoms with Crippen molar-refractivity contribution in [3.05, 3.63) is 102 Å². The van der Waals surface area contributed by atoms with E-state index in [1.54, 1.807) is 30.2 Å². The largest absolute Gasteiger partial charge is 0.445 e. The summed E-state index contributed by atoms with van der Waals surface area (Å²) >= 11 is 1.55. The Hall–Kier alpha value is -3.24. The topological polar surface area (TPSA) is 103 Å². The van der Waals surface area contributed by atoms with Crippen LogP contribution in [0.2, 0.25) is 0 Å². The quantitative estimate of drug-likeness (QED) is 0.219. The van der Waals surface area contributed by atoms with E-state index in [1.165, 1.54) is 6.08 Å². The molecule has 9 heteroatoms. The number of nitrogens with one attached hydrogen (secondary N) is 1. The number of aliphatic hydroxyl groups excluding tert-OH is 1. The molecule has 1 fully saturated rings. The molecule has 0 bridgehead atoms. The molecule has 2 N–H and O–H groups in total. The molecule has 0 radical (unpaired) electrons. The fraction of sp³-hybridized carbons (Fsp3) is 0.321. The zero-order chi connectivity index (χ0) is 26.0. The minimum absolute atomic E-state index is 0.00336. The summed E-state index contributed by atoms with van der Waals surface area (Å²) in [5, 5.41) is 12.8. The van der Waals surface area contributed by atoms with E-state index >= 15 is 0 Å². The molecule has 2 aromatic carbocycles. The van der Waals surface area contributed by atoms with Crippen LogP contribution in [0.3, 0.4) is 0 Å². The Labute approximate surface area is 221 Å². The Kier molecular flexibility index (Phi) is 9.67. The summed E-state index contributed by atoms with van der Waals surface area (Å²) in [4.78, 5) is 20.3. The van der Waals surface area contributed by atoms with Crippen LogP contribution in [-0.2, 0) is 27.4 Å². The highest BCUT2D eigenvalue weighted by Crippen LogP contribution is 2.42. The number of amides is 1. The summed E-state index contributed by atoms with van der Waals surface area (Å²) in [5.74, 6) is 0.739. The van der Waals surface area contributed by atoms with Crippen LogP contribution in [-0.4, -0.2) is 39.6 Å². The number of carbonyl (C=O) groups excluding carboxylic acids is 1. The Morgan fingerprint density at radius 3 is 2.43 bits per heavy atom. The molecule has 2 heterocycles. The van der Waals surface area contributed by atoms with Crippen molar-refractivity contribution < 1.29 is 24.1 Å². The smallest absolute Gasteiger partial charge is 0.407 e. The summed E-state index contributed by atoms with van der Waals surface area (Å²) in [7, 11) is 0. The molecule has 4 rings (SSSR count). The van der Waals surface area contributed by atoms with Crippen molar-refractivity contribution in [1.29, 1.82) is 0 Å². The van der Waals surface area contributed by atoms with Gasteiger partial charge in [-0.15, -0.1) is 0 Å². The molecule has 4 atom stereocenters. The number of nitrogens with zero attached hydrogens (tertiary/aromatic N) is 2. The van der Waals surface area contributed by atoms with Crippen LogP contribution in [0.1, 0.15) is 41.6 Å². The van der Waals surface area contributed by atoms with Gasteiger partial charge >= 0.3 is 6.09 Å². The van der Waals surface area contributed by atoms with Gasteiger partial charge in [-0.05, 0) is 22.8 Å². The molecule has 194 valence electrons. The second kappa shape index (κ2) is 13.3. The number of hydrogen-bond acceptors (Lipinski definition) is 8. The van der Waals surface area contributed by atoms with Crippen molar-refractivity contribution in [3.8, 4) is 0 Å². The average Bonchev–Trinajstić information content (AvgIpc) is 2.95. The highest BCUT2D eigenvalue weighted by atomic mass is 32.2. The Balaban J connectivity index is 1.48. The average molecular weight is 522 g/mol. The van der Waals surface area contributed by atoms with Gasteiger partial charge in [-0.1, -0.05) is 79.9 Å². The molecule has 1 saturated heterocycles. The molecule has 0 saturated carbocycles. The van der Waals surface area contributed by atoms with E-state index in [4.69, 9.17) is 14.2 Å². The van der Waals surface area contributed by atoms with E-state index in [0.717, 1.165) is 22.3 Å². The van der Waals surface area contributed by atoms with Gasteiger partial charge in [0.2, 0.25) is 0 Å². The van der Waals surface area contributed by atoms with E-state index in [2.05, 4.69) is 28.8 Å². The maximum absolute atomic E-state index is 11.7. The van der Waals surface area contributed by atoms with Crippen LogP contribution in [0.25, 0.3) is 0 Å². The first-order valence-electron chi connectivity index (χ1n) is 12.1. The molecule has 1 aliphatic rings. The fourth-order valence-corrected chi connectivity index (χ4v) is 4.95. The van der Waals surface area contributed by atoms with Crippen molar-refractivity contribution in [2.24, 2.45) is 5.92 Å². The van der Waals surface area contributed by atoms with Crippen LogP contribution in [0.4, 0.5) is 4.79 Å². The third-order valence-electron chi connectivity index (χ3n) is 6.06. The summed E-state index contributed by atoms with van der Waals surface area (Å²) in [6.07, 6.45) is 3.61. The second-order valence-electron chi connectivity index (χ2n) is 8.65. The zero-order valence-electron chi connectivity index (χ0n) is 20.7. The third-order valence-corrected chi connectivity index (χ3v) is 7.03. The van der Waals surface area contributed by atoms with E-state index in [1.807, 2.05) is 48.5 Å². The number of benzene rings is 2. The normalized spacial score (nSPS) is 21.2. The molecule has 0 aliphatic carbocycles. The standard InChI is InChI=1S/C28H31N3O5S/c1-3-15-34-28(33)31-16-20-5-11-23(12-6-20)26-35-24(18-37-27-29-13-4-14-30-27)19(2)25(36-26)22-9-7-21(17-32)8-10-22/h3-14,19,24-26,32H,1,15-18H2,2H3,(H,31,33)/t19-,24+,25+,26+/m0/s1. The van der Waals surface area contributed by atoms with Gasteiger partial charge in [0, 0.05) is 36.2 Å². The van der Waals surface area contributed by atoms with Crippen molar-refractivity contribution in [2.75, 3.05) is 12.4 Å². The number of rotatable bonds is 10. The van der Waals surface area contributed by atoms with Gasteiger partial charge in [0.05, 0.1) is 18.8 Å². The summed E-state index contributed by atoms with van der Waals surface area (Å²) in [6.45, 7) is 6.16. The molecule has 1 amide bonds.